The first-order valence-corrected chi connectivity index (χ1v) is 10.5. The first-order chi connectivity index (χ1) is 14.9. The van der Waals surface area contributed by atoms with Crippen LogP contribution in [0.4, 0.5) is 5.69 Å². The summed E-state index contributed by atoms with van der Waals surface area (Å²) in [5.41, 5.74) is 8.51. The van der Waals surface area contributed by atoms with Crippen molar-refractivity contribution in [2.75, 3.05) is 12.4 Å². The molecule has 2 aromatic rings. The topological polar surface area (TPSA) is 104 Å². The number of para-hydroxylation sites is 1. The Labute approximate surface area is 188 Å². The average molecular weight is 452 g/mol. The van der Waals surface area contributed by atoms with Crippen molar-refractivity contribution < 1.29 is 9.53 Å². The Balaban J connectivity index is 1.89. The second-order valence-corrected chi connectivity index (χ2v) is 8.21. The SMILES string of the molecule is COc1ccc(Cl)cc1[C@H]1C(C(=O)Nc2ccccc2)=C(C)N=C2SC(C#N)=C(N)N21. The maximum atomic E-state index is 13.4. The van der Waals surface area contributed by atoms with Gasteiger partial charge in [0, 0.05) is 16.3 Å². The Kier molecular flexibility index (Phi) is 5.63. The monoisotopic (exact) mass is 451 g/mol. The number of carbonyl (C=O) groups is 1. The zero-order valence-corrected chi connectivity index (χ0v) is 18.3. The number of nitrogens with one attached hydrogen (secondary N) is 1. The van der Waals surface area contributed by atoms with Gasteiger partial charge in [-0.25, -0.2) is 4.99 Å². The van der Waals surface area contributed by atoms with Crippen LogP contribution in [0.2, 0.25) is 5.02 Å². The summed E-state index contributed by atoms with van der Waals surface area (Å²) in [7, 11) is 1.55. The van der Waals surface area contributed by atoms with Crippen LogP contribution in [0.25, 0.3) is 0 Å². The summed E-state index contributed by atoms with van der Waals surface area (Å²) in [6.07, 6.45) is 0. The second kappa shape index (κ2) is 8.38. The number of nitrogens with zero attached hydrogens (tertiary/aromatic N) is 3. The van der Waals surface area contributed by atoms with Crippen molar-refractivity contribution in [3.63, 3.8) is 0 Å². The molecule has 0 radical (unpaired) electrons. The number of amidine groups is 1. The zero-order valence-electron chi connectivity index (χ0n) is 16.7. The maximum absolute atomic E-state index is 13.4. The molecular formula is C22H18ClN5O2S. The Morgan fingerprint density at radius 2 is 2.06 bits per heavy atom. The van der Waals surface area contributed by atoms with E-state index in [-0.39, 0.29) is 11.7 Å². The summed E-state index contributed by atoms with van der Waals surface area (Å²) in [5.74, 6) is 0.439. The lowest BCUT2D eigenvalue weighted by Crippen LogP contribution is -2.39. The third-order valence-electron chi connectivity index (χ3n) is 4.94. The van der Waals surface area contributed by atoms with E-state index in [1.807, 2.05) is 18.2 Å². The number of nitriles is 1. The number of hydrogen-bond donors (Lipinski definition) is 2. The molecule has 1 amide bonds. The van der Waals surface area contributed by atoms with E-state index >= 15 is 0 Å². The quantitative estimate of drug-likeness (QED) is 0.715. The number of ether oxygens (including phenoxy) is 1. The number of benzene rings is 2. The molecule has 0 saturated carbocycles. The Bertz CT molecular complexity index is 1200. The first-order valence-electron chi connectivity index (χ1n) is 9.30. The van der Waals surface area contributed by atoms with Gasteiger partial charge in [-0.3, -0.25) is 9.69 Å². The van der Waals surface area contributed by atoms with Gasteiger partial charge in [0.2, 0.25) is 0 Å². The summed E-state index contributed by atoms with van der Waals surface area (Å²) in [6.45, 7) is 1.76. The highest BCUT2D eigenvalue weighted by Crippen LogP contribution is 2.47. The van der Waals surface area contributed by atoms with Crippen LogP contribution >= 0.6 is 23.4 Å². The molecule has 7 nitrogen and oxygen atoms in total. The summed E-state index contributed by atoms with van der Waals surface area (Å²) < 4.78 is 5.56. The summed E-state index contributed by atoms with van der Waals surface area (Å²) in [6, 6.07) is 15.7. The number of nitrogens with two attached hydrogens (primary N) is 1. The number of amides is 1. The van der Waals surface area contributed by atoms with Gasteiger partial charge in [0.15, 0.2) is 5.17 Å². The van der Waals surface area contributed by atoms with E-state index in [2.05, 4.69) is 16.4 Å². The molecular weight excluding hydrogens is 434 g/mol. The molecule has 0 aromatic heterocycles. The molecule has 2 aromatic carbocycles. The van der Waals surface area contributed by atoms with Gasteiger partial charge in [-0.1, -0.05) is 29.8 Å². The minimum Gasteiger partial charge on any atom is -0.496 e. The van der Waals surface area contributed by atoms with E-state index in [0.29, 0.717) is 43.4 Å². The fourth-order valence-corrected chi connectivity index (χ4v) is 4.66. The molecule has 0 saturated heterocycles. The highest BCUT2D eigenvalue weighted by molar-refractivity contribution is 8.17. The smallest absolute Gasteiger partial charge is 0.255 e. The predicted molar refractivity (Wildman–Crippen MR) is 122 cm³/mol. The van der Waals surface area contributed by atoms with Crippen molar-refractivity contribution in [2.45, 2.75) is 13.0 Å². The number of aliphatic imine (C=N–C) groups is 1. The van der Waals surface area contributed by atoms with Crippen LogP contribution in [0.5, 0.6) is 5.75 Å². The summed E-state index contributed by atoms with van der Waals surface area (Å²) in [5, 5.41) is 13.4. The van der Waals surface area contributed by atoms with Crippen LogP contribution < -0.4 is 15.8 Å². The standard InChI is InChI=1S/C22H18ClN5O2S/c1-12-18(21(29)27-14-6-4-3-5-7-14)19(15-10-13(23)8-9-16(15)30-2)28-20(25)17(11-24)31-22(28)26-12/h3-10,19H,25H2,1-2H3,(H,27,29)/t19-/m0/s1. The van der Waals surface area contributed by atoms with E-state index in [1.165, 1.54) is 11.8 Å². The third-order valence-corrected chi connectivity index (χ3v) is 6.15. The molecule has 31 heavy (non-hydrogen) atoms. The summed E-state index contributed by atoms with van der Waals surface area (Å²) >= 11 is 7.47. The van der Waals surface area contributed by atoms with Crippen LogP contribution in [-0.4, -0.2) is 23.1 Å². The minimum absolute atomic E-state index is 0.232. The Morgan fingerprint density at radius 1 is 1.32 bits per heavy atom. The molecule has 156 valence electrons. The van der Waals surface area contributed by atoms with E-state index in [9.17, 15) is 10.1 Å². The molecule has 3 N–H and O–H groups in total. The van der Waals surface area contributed by atoms with Gasteiger partial charge in [0.05, 0.1) is 24.4 Å². The van der Waals surface area contributed by atoms with Gasteiger partial charge in [-0.2, -0.15) is 5.26 Å². The molecule has 9 heteroatoms. The highest BCUT2D eigenvalue weighted by Gasteiger charge is 2.43. The van der Waals surface area contributed by atoms with Crippen molar-refractivity contribution in [1.29, 1.82) is 5.26 Å². The number of methoxy groups -OCH3 is 1. The average Bonchev–Trinajstić information content (AvgIpc) is 3.08. The fourth-order valence-electron chi connectivity index (χ4n) is 3.56. The van der Waals surface area contributed by atoms with Crippen LogP contribution in [0.1, 0.15) is 18.5 Å². The Morgan fingerprint density at radius 3 is 2.74 bits per heavy atom. The lowest BCUT2D eigenvalue weighted by molar-refractivity contribution is -0.113. The van der Waals surface area contributed by atoms with Crippen molar-refractivity contribution in [3.8, 4) is 11.8 Å². The number of rotatable bonds is 4. The van der Waals surface area contributed by atoms with E-state index in [0.717, 1.165) is 0 Å². The second-order valence-electron chi connectivity index (χ2n) is 6.80. The fraction of sp³-hybridized carbons (Fsp3) is 0.136. The van der Waals surface area contributed by atoms with Gasteiger partial charge in [0.1, 0.15) is 22.5 Å². The zero-order chi connectivity index (χ0) is 22.1. The lowest BCUT2D eigenvalue weighted by atomic mass is 9.93. The molecule has 0 bridgehead atoms. The van der Waals surface area contributed by atoms with Crippen molar-refractivity contribution in [2.24, 2.45) is 10.7 Å². The van der Waals surface area contributed by atoms with Crippen LogP contribution in [0, 0.1) is 11.3 Å². The molecule has 0 aliphatic carbocycles. The first kappa shape index (κ1) is 20.8. The van der Waals surface area contributed by atoms with Crippen molar-refractivity contribution >= 4 is 40.1 Å². The number of hydrogen-bond acceptors (Lipinski definition) is 7. The molecule has 4 rings (SSSR count). The molecule has 0 unspecified atom stereocenters. The minimum atomic E-state index is -0.678. The number of thioether (sulfide) groups is 1. The number of anilines is 1. The van der Waals surface area contributed by atoms with Crippen LogP contribution in [0.15, 0.2) is 75.5 Å². The van der Waals surface area contributed by atoms with E-state index in [1.54, 1.807) is 49.3 Å². The number of allylic oxidation sites excluding steroid dienone is 2. The van der Waals surface area contributed by atoms with Crippen LogP contribution in [0.3, 0.4) is 0 Å². The van der Waals surface area contributed by atoms with Crippen LogP contribution in [-0.2, 0) is 4.79 Å². The molecule has 0 spiro atoms. The lowest BCUT2D eigenvalue weighted by Gasteiger charge is -2.35. The largest absolute Gasteiger partial charge is 0.496 e. The Hall–Kier alpha value is -3.41. The molecule has 2 aliphatic rings. The maximum Gasteiger partial charge on any atom is 0.255 e. The molecule has 0 fully saturated rings. The number of carbonyl (C=O) groups excluding carboxylic acids is 1. The molecule has 2 aliphatic heterocycles. The normalized spacial score (nSPS) is 17.8. The summed E-state index contributed by atoms with van der Waals surface area (Å²) in [4.78, 5) is 20.0. The third kappa shape index (κ3) is 3.74. The van der Waals surface area contributed by atoms with Gasteiger partial charge >= 0.3 is 0 Å². The number of halogens is 1. The van der Waals surface area contributed by atoms with Gasteiger partial charge in [-0.05, 0) is 49.0 Å². The van der Waals surface area contributed by atoms with Gasteiger partial charge in [0.25, 0.3) is 5.91 Å². The van der Waals surface area contributed by atoms with Gasteiger partial charge in [-0.15, -0.1) is 0 Å². The van der Waals surface area contributed by atoms with E-state index in [4.69, 9.17) is 22.1 Å². The van der Waals surface area contributed by atoms with Gasteiger partial charge < -0.3 is 15.8 Å². The molecule has 1 atom stereocenters. The molecule has 2 heterocycles. The van der Waals surface area contributed by atoms with E-state index < -0.39 is 6.04 Å². The van der Waals surface area contributed by atoms with Crippen molar-refractivity contribution in [1.82, 2.24) is 4.90 Å². The highest BCUT2D eigenvalue weighted by atomic mass is 35.5. The number of fused-ring (bicyclic) bond motifs is 1. The van der Waals surface area contributed by atoms with Crippen molar-refractivity contribution in [3.05, 3.63) is 81.1 Å². The predicted octanol–water partition coefficient (Wildman–Crippen LogP) is 4.37.